The highest BCUT2D eigenvalue weighted by molar-refractivity contribution is 5.92. The molecule has 0 bridgehead atoms. The Morgan fingerprint density at radius 1 is 1.43 bits per heavy atom. The molecule has 0 radical (unpaired) electrons. The molecule has 0 unspecified atom stereocenters. The van der Waals surface area contributed by atoms with Gasteiger partial charge in [0.1, 0.15) is 5.69 Å². The van der Waals surface area contributed by atoms with Crippen molar-refractivity contribution >= 4 is 5.91 Å². The molecule has 1 aliphatic rings. The van der Waals surface area contributed by atoms with Crippen molar-refractivity contribution in [3.05, 3.63) is 42.2 Å². The number of likely N-dealkylation sites (tertiary alicyclic amines) is 1. The summed E-state index contributed by atoms with van der Waals surface area (Å²) in [5.74, 6) is -0.187. The third kappa shape index (κ3) is 2.78. The highest BCUT2D eigenvalue weighted by Crippen LogP contribution is 2.23. The van der Waals surface area contributed by atoms with E-state index in [0.29, 0.717) is 25.1 Å². The van der Waals surface area contributed by atoms with Crippen LogP contribution in [-0.2, 0) is 13.5 Å². The van der Waals surface area contributed by atoms with Crippen molar-refractivity contribution in [2.24, 2.45) is 7.05 Å². The topological polar surface area (TPSA) is 84.1 Å². The van der Waals surface area contributed by atoms with Crippen LogP contribution in [0.25, 0.3) is 0 Å². The number of hydrogen-bond donors (Lipinski definition) is 1. The minimum Gasteiger partial charge on any atom is -0.391 e. The summed E-state index contributed by atoms with van der Waals surface area (Å²) >= 11 is 0. The van der Waals surface area contributed by atoms with E-state index < -0.39 is 6.10 Å². The molecule has 1 amide bonds. The molecule has 21 heavy (non-hydrogen) atoms. The van der Waals surface area contributed by atoms with Gasteiger partial charge in [-0.1, -0.05) is 0 Å². The van der Waals surface area contributed by atoms with Crippen LogP contribution in [0.15, 0.2) is 31.0 Å². The van der Waals surface area contributed by atoms with E-state index in [0.717, 1.165) is 5.56 Å². The standard InChI is InChI=1S/C14H17N5O2/c1-18-9-10(7-17-18)6-12-13(20)2-5-19(12)14(21)11-8-15-3-4-16-11/h3-4,7-9,12-13,20H,2,5-6H2,1H3/t12-,13+/m1/s1. The maximum absolute atomic E-state index is 12.5. The maximum Gasteiger partial charge on any atom is 0.274 e. The molecule has 0 aromatic carbocycles. The zero-order valence-corrected chi connectivity index (χ0v) is 11.8. The molecule has 0 aliphatic carbocycles. The molecule has 7 nitrogen and oxygen atoms in total. The lowest BCUT2D eigenvalue weighted by atomic mass is 10.0. The summed E-state index contributed by atoms with van der Waals surface area (Å²) in [7, 11) is 1.84. The number of nitrogens with zero attached hydrogens (tertiary/aromatic N) is 5. The van der Waals surface area contributed by atoms with Crippen LogP contribution < -0.4 is 0 Å². The Balaban J connectivity index is 1.79. The summed E-state index contributed by atoms with van der Waals surface area (Å²) in [6.07, 6.45) is 8.78. The van der Waals surface area contributed by atoms with E-state index in [2.05, 4.69) is 15.1 Å². The van der Waals surface area contributed by atoms with Gasteiger partial charge in [0.2, 0.25) is 0 Å². The Morgan fingerprint density at radius 3 is 2.95 bits per heavy atom. The third-order valence-electron chi connectivity index (χ3n) is 3.76. The first-order valence-electron chi connectivity index (χ1n) is 6.87. The number of aryl methyl sites for hydroxylation is 1. The molecule has 0 saturated carbocycles. The van der Waals surface area contributed by atoms with Crippen molar-refractivity contribution < 1.29 is 9.90 Å². The summed E-state index contributed by atoms with van der Waals surface area (Å²) in [6, 6.07) is -0.247. The highest BCUT2D eigenvalue weighted by atomic mass is 16.3. The molecule has 3 rings (SSSR count). The number of amides is 1. The van der Waals surface area contributed by atoms with Gasteiger partial charge in [-0.3, -0.25) is 14.5 Å². The van der Waals surface area contributed by atoms with E-state index in [9.17, 15) is 9.90 Å². The van der Waals surface area contributed by atoms with E-state index >= 15 is 0 Å². The summed E-state index contributed by atoms with van der Waals surface area (Å²) in [6.45, 7) is 0.529. The monoisotopic (exact) mass is 287 g/mol. The molecule has 1 aliphatic heterocycles. The van der Waals surface area contributed by atoms with Crippen molar-refractivity contribution in [3.8, 4) is 0 Å². The number of aromatic nitrogens is 4. The van der Waals surface area contributed by atoms with Gasteiger partial charge in [0.15, 0.2) is 0 Å². The number of rotatable bonds is 3. The van der Waals surface area contributed by atoms with Crippen molar-refractivity contribution in [1.29, 1.82) is 0 Å². The number of aliphatic hydroxyl groups is 1. The Morgan fingerprint density at radius 2 is 2.29 bits per heavy atom. The van der Waals surface area contributed by atoms with Crippen molar-refractivity contribution in [3.63, 3.8) is 0 Å². The lowest BCUT2D eigenvalue weighted by Crippen LogP contribution is -2.41. The average molecular weight is 287 g/mol. The fourth-order valence-corrected chi connectivity index (χ4v) is 2.71. The van der Waals surface area contributed by atoms with Gasteiger partial charge in [-0.25, -0.2) is 4.98 Å². The quantitative estimate of drug-likeness (QED) is 0.861. The van der Waals surface area contributed by atoms with Gasteiger partial charge in [0.05, 0.1) is 24.5 Å². The molecule has 3 heterocycles. The van der Waals surface area contributed by atoms with Crippen LogP contribution in [0.5, 0.6) is 0 Å². The van der Waals surface area contributed by atoms with E-state index in [1.807, 2.05) is 13.2 Å². The van der Waals surface area contributed by atoms with Crippen LogP contribution in [0.3, 0.4) is 0 Å². The molecule has 1 fully saturated rings. The molecule has 1 saturated heterocycles. The fraction of sp³-hybridized carbons (Fsp3) is 0.429. The van der Waals surface area contributed by atoms with Crippen LogP contribution in [0.4, 0.5) is 0 Å². The lowest BCUT2D eigenvalue weighted by Gasteiger charge is -2.25. The second-order valence-corrected chi connectivity index (χ2v) is 5.24. The predicted octanol–water partition coefficient (Wildman–Crippen LogP) is 0.0282. The summed E-state index contributed by atoms with van der Waals surface area (Å²) in [5, 5.41) is 14.3. The maximum atomic E-state index is 12.5. The molecule has 2 atom stereocenters. The van der Waals surface area contributed by atoms with Crippen molar-refractivity contribution in [2.75, 3.05) is 6.54 Å². The van der Waals surface area contributed by atoms with Crippen molar-refractivity contribution in [2.45, 2.75) is 25.0 Å². The largest absolute Gasteiger partial charge is 0.391 e. The van der Waals surface area contributed by atoms with E-state index in [1.165, 1.54) is 18.6 Å². The second-order valence-electron chi connectivity index (χ2n) is 5.24. The molecule has 2 aromatic rings. The van der Waals surface area contributed by atoms with Crippen LogP contribution >= 0.6 is 0 Å². The van der Waals surface area contributed by atoms with Gasteiger partial charge < -0.3 is 10.0 Å². The number of carbonyl (C=O) groups excluding carboxylic acids is 1. The molecular formula is C14H17N5O2. The number of hydrogen-bond acceptors (Lipinski definition) is 5. The van der Waals surface area contributed by atoms with E-state index in [1.54, 1.807) is 15.8 Å². The molecule has 2 aromatic heterocycles. The van der Waals surface area contributed by atoms with Crippen LogP contribution in [0.1, 0.15) is 22.5 Å². The van der Waals surface area contributed by atoms with E-state index in [-0.39, 0.29) is 11.9 Å². The number of carbonyl (C=O) groups is 1. The Labute approximate surface area is 122 Å². The van der Waals surface area contributed by atoms with E-state index in [4.69, 9.17) is 0 Å². The molecular weight excluding hydrogens is 270 g/mol. The van der Waals surface area contributed by atoms with Gasteiger partial charge >= 0.3 is 0 Å². The Hall–Kier alpha value is -2.28. The first kappa shape index (κ1) is 13.7. The van der Waals surface area contributed by atoms with Crippen molar-refractivity contribution in [1.82, 2.24) is 24.6 Å². The van der Waals surface area contributed by atoms with Gasteiger partial charge in [0, 0.05) is 32.2 Å². The van der Waals surface area contributed by atoms with Crippen LogP contribution in [0, 0.1) is 0 Å². The molecule has 7 heteroatoms. The first-order valence-corrected chi connectivity index (χ1v) is 6.87. The lowest BCUT2D eigenvalue weighted by molar-refractivity contribution is 0.0634. The van der Waals surface area contributed by atoms with Crippen LogP contribution in [-0.4, -0.2) is 54.4 Å². The average Bonchev–Trinajstić information content (AvgIpc) is 3.07. The predicted molar refractivity (Wildman–Crippen MR) is 74.4 cm³/mol. The van der Waals surface area contributed by atoms with Gasteiger partial charge in [-0.05, 0) is 18.4 Å². The smallest absolute Gasteiger partial charge is 0.274 e. The van der Waals surface area contributed by atoms with Gasteiger partial charge in [-0.2, -0.15) is 5.10 Å². The van der Waals surface area contributed by atoms with Gasteiger partial charge in [0.25, 0.3) is 5.91 Å². The normalized spacial score (nSPS) is 21.7. The zero-order chi connectivity index (χ0) is 14.8. The Bertz CT molecular complexity index is 627. The Kier molecular flexibility index (Phi) is 3.66. The fourth-order valence-electron chi connectivity index (χ4n) is 2.71. The zero-order valence-electron chi connectivity index (χ0n) is 11.8. The molecule has 0 spiro atoms. The van der Waals surface area contributed by atoms with Gasteiger partial charge in [-0.15, -0.1) is 0 Å². The first-order chi connectivity index (χ1) is 10.1. The van der Waals surface area contributed by atoms with Crippen LogP contribution in [0.2, 0.25) is 0 Å². The number of aliphatic hydroxyl groups excluding tert-OH is 1. The minimum absolute atomic E-state index is 0.187. The summed E-state index contributed by atoms with van der Waals surface area (Å²) < 4.78 is 1.71. The summed E-state index contributed by atoms with van der Waals surface area (Å²) in [4.78, 5) is 22.1. The highest BCUT2D eigenvalue weighted by Gasteiger charge is 2.36. The minimum atomic E-state index is -0.522. The third-order valence-corrected chi connectivity index (χ3v) is 3.76. The summed E-state index contributed by atoms with van der Waals surface area (Å²) in [5.41, 5.74) is 1.31. The SMILES string of the molecule is Cn1cc(C[C@@H]2[C@@H](O)CCN2C(=O)c2cnccn2)cn1. The molecule has 110 valence electrons. The molecule has 1 N–H and O–H groups in total. The second kappa shape index (κ2) is 5.61.